The van der Waals surface area contributed by atoms with Gasteiger partial charge in [-0.25, -0.2) is 0 Å². The maximum Gasteiger partial charge on any atom is 0.124 e. The van der Waals surface area contributed by atoms with Gasteiger partial charge in [0, 0.05) is 5.56 Å². The first-order chi connectivity index (χ1) is 7.10. The first kappa shape index (κ1) is 12.1. The molecule has 0 bridgehead atoms. The Labute approximate surface area is 91.9 Å². The van der Waals surface area contributed by atoms with Gasteiger partial charge in [0.05, 0.1) is 13.2 Å². The highest BCUT2D eigenvalue weighted by molar-refractivity contribution is 5.38. The summed E-state index contributed by atoms with van der Waals surface area (Å²) in [5, 5.41) is 10.1. The van der Waals surface area contributed by atoms with E-state index in [2.05, 4.69) is 6.92 Å². The molecule has 0 saturated heterocycles. The van der Waals surface area contributed by atoms with Crippen molar-refractivity contribution in [2.45, 2.75) is 33.3 Å². The van der Waals surface area contributed by atoms with Gasteiger partial charge < -0.3 is 9.84 Å². The highest BCUT2D eigenvalue weighted by Crippen LogP contribution is 2.31. The van der Waals surface area contributed by atoms with Gasteiger partial charge in [-0.15, -0.1) is 0 Å². The Morgan fingerprint density at radius 2 is 2.07 bits per heavy atom. The second-order valence-electron chi connectivity index (χ2n) is 4.08. The molecule has 0 radical (unpaired) electrons. The molecule has 15 heavy (non-hydrogen) atoms. The smallest absolute Gasteiger partial charge is 0.124 e. The molecule has 2 heteroatoms. The van der Waals surface area contributed by atoms with Crippen LogP contribution in [0.4, 0.5) is 0 Å². The molecule has 1 aromatic rings. The normalized spacial score (nSPS) is 14.7. The fourth-order valence-corrected chi connectivity index (χ4v) is 1.59. The highest BCUT2D eigenvalue weighted by atomic mass is 16.5. The van der Waals surface area contributed by atoms with Crippen LogP contribution in [0.2, 0.25) is 0 Å². The van der Waals surface area contributed by atoms with Gasteiger partial charge in [0.25, 0.3) is 0 Å². The maximum atomic E-state index is 10.1. The summed E-state index contributed by atoms with van der Waals surface area (Å²) in [5.41, 5.74) is 2.03. The molecule has 0 amide bonds. The molecule has 0 saturated carbocycles. The molecule has 0 aliphatic heterocycles. The topological polar surface area (TPSA) is 29.5 Å². The molecule has 2 nitrogen and oxygen atoms in total. The molecule has 0 aliphatic rings. The third-order valence-electron chi connectivity index (χ3n) is 2.89. The molecular weight excluding hydrogens is 188 g/mol. The van der Waals surface area contributed by atoms with E-state index >= 15 is 0 Å². The van der Waals surface area contributed by atoms with Gasteiger partial charge in [0.15, 0.2) is 0 Å². The molecule has 0 heterocycles. The number of aliphatic hydroxyl groups excluding tert-OH is 1. The van der Waals surface area contributed by atoms with E-state index in [1.807, 2.05) is 32.0 Å². The lowest BCUT2D eigenvalue weighted by atomic mass is 9.94. The van der Waals surface area contributed by atoms with Crippen LogP contribution < -0.4 is 4.74 Å². The van der Waals surface area contributed by atoms with Gasteiger partial charge in [0.2, 0.25) is 0 Å². The zero-order chi connectivity index (χ0) is 11.4. The van der Waals surface area contributed by atoms with Crippen LogP contribution in [0.1, 0.15) is 37.5 Å². The molecule has 0 aromatic heterocycles. The summed E-state index contributed by atoms with van der Waals surface area (Å²) >= 11 is 0. The van der Waals surface area contributed by atoms with E-state index in [1.165, 1.54) is 0 Å². The Morgan fingerprint density at radius 3 is 2.60 bits per heavy atom. The minimum Gasteiger partial charge on any atom is -0.496 e. The van der Waals surface area contributed by atoms with E-state index in [0.29, 0.717) is 0 Å². The molecule has 2 atom stereocenters. The van der Waals surface area contributed by atoms with Crippen molar-refractivity contribution < 1.29 is 9.84 Å². The summed E-state index contributed by atoms with van der Waals surface area (Å²) < 4.78 is 5.28. The van der Waals surface area contributed by atoms with Crippen molar-refractivity contribution >= 4 is 0 Å². The third kappa shape index (κ3) is 2.72. The first-order valence-electron chi connectivity index (χ1n) is 5.42. The number of methoxy groups -OCH3 is 1. The molecular formula is C13H20O2. The predicted molar refractivity (Wildman–Crippen MR) is 62.1 cm³/mol. The van der Waals surface area contributed by atoms with Crippen LogP contribution in [0.3, 0.4) is 0 Å². The van der Waals surface area contributed by atoms with E-state index in [4.69, 9.17) is 4.74 Å². The van der Waals surface area contributed by atoms with Crippen molar-refractivity contribution in [2.24, 2.45) is 5.92 Å². The lowest BCUT2D eigenvalue weighted by Crippen LogP contribution is -2.09. The van der Waals surface area contributed by atoms with E-state index in [9.17, 15) is 5.11 Å². The van der Waals surface area contributed by atoms with E-state index in [0.717, 1.165) is 23.3 Å². The fourth-order valence-electron chi connectivity index (χ4n) is 1.59. The van der Waals surface area contributed by atoms with Crippen LogP contribution in [0.15, 0.2) is 18.2 Å². The van der Waals surface area contributed by atoms with Crippen molar-refractivity contribution in [2.75, 3.05) is 7.11 Å². The Balaban J connectivity index is 3.02. The Morgan fingerprint density at radius 1 is 1.40 bits per heavy atom. The van der Waals surface area contributed by atoms with Gasteiger partial charge in [-0.3, -0.25) is 0 Å². The zero-order valence-electron chi connectivity index (χ0n) is 9.95. The van der Waals surface area contributed by atoms with Crippen molar-refractivity contribution in [3.05, 3.63) is 29.3 Å². The van der Waals surface area contributed by atoms with Crippen molar-refractivity contribution in [3.63, 3.8) is 0 Å². The number of ether oxygens (including phenoxy) is 1. The number of benzene rings is 1. The summed E-state index contributed by atoms with van der Waals surface area (Å²) in [6.07, 6.45) is 0.517. The molecule has 0 spiro atoms. The fraction of sp³-hybridized carbons (Fsp3) is 0.538. The monoisotopic (exact) mass is 208 g/mol. The number of aryl methyl sites for hydroxylation is 1. The van der Waals surface area contributed by atoms with E-state index in [1.54, 1.807) is 7.11 Å². The highest BCUT2D eigenvalue weighted by Gasteiger charge is 2.18. The van der Waals surface area contributed by atoms with Crippen LogP contribution in [0.5, 0.6) is 5.75 Å². The van der Waals surface area contributed by atoms with Gasteiger partial charge in [0.1, 0.15) is 5.75 Å². The van der Waals surface area contributed by atoms with Crippen molar-refractivity contribution in [1.82, 2.24) is 0 Å². The molecule has 0 aliphatic carbocycles. The van der Waals surface area contributed by atoms with E-state index < -0.39 is 6.10 Å². The largest absolute Gasteiger partial charge is 0.496 e. The standard InChI is InChI=1S/C13H20O2/c1-5-10(3)13(14)11-7-6-9(2)8-12(11)15-4/h6-8,10,13-14H,5H2,1-4H3. The van der Waals surface area contributed by atoms with E-state index in [-0.39, 0.29) is 5.92 Å². The Kier molecular flexibility index (Phi) is 4.15. The van der Waals surface area contributed by atoms with Gasteiger partial charge >= 0.3 is 0 Å². The van der Waals surface area contributed by atoms with Gasteiger partial charge in [-0.05, 0) is 24.5 Å². The molecule has 0 fully saturated rings. The summed E-state index contributed by atoms with van der Waals surface area (Å²) in [5.74, 6) is 1.03. The van der Waals surface area contributed by atoms with Crippen LogP contribution in [-0.2, 0) is 0 Å². The van der Waals surface area contributed by atoms with Crippen molar-refractivity contribution in [3.8, 4) is 5.75 Å². The van der Waals surface area contributed by atoms with Crippen LogP contribution >= 0.6 is 0 Å². The Bertz CT molecular complexity index is 320. The molecule has 2 unspecified atom stereocenters. The second-order valence-corrected chi connectivity index (χ2v) is 4.08. The van der Waals surface area contributed by atoms with Gasteiger partial charge in [-0.2, -0.15) is 0 Å². The lowest BCUT2D eigenvalue weighted by molar-refractivity contribution is 0.112. The number of rotatable bonds is 4. The van der Waals surface area contributed by atoms with Crippen LogP contribution in [0, 0.1) is 12.8 Å². The number of hydrogen-bond acceptors (Lipinski definition) is 2. The molecule has 1 aromatic carbocycles. The first-order valence-corrected chi connectivity index (χ1v) is 5.42. The molecule has 1 N–H and O–H groups in total. The summed E-state index contributed by atoms with van der Waals surface area (Å²) in [7, 11) is 1.64. The molecule has 84 valence electrons. The third-order valence-corrected chi connectivity index (χ3v) is 2.89. The minimum absolute atomic E-state index is 0.251. The van der Waals surface area contributed by atoms with Crippen LogP contribution in [-0.4, -0.2) is 12.2 Å². The molecule has 1 rings (SSSR count). The van der Waals surface area contributed by atoms with Crippen molar-refractivity contribution in [1.29, 1.82) is 0 Å². The average molecular weight is 208 g/mol. The van der Waals surface area contributed by atoms with Crippen LogP contribution in [0.25, 0.3) is 0 Å². The quantitative estimate of drug-likeness (QED) is 0.824. The SMILES string of the molecule is CCC(C)C(O)c1ccc(C)cc1OC. The average Bonchev–Trinajstić information content (AvgIpc) is 2.26. The second kappa shape index (κ2) is 5.17. The van der Waals surface area contributed by atoms with Gasteiger partial charge in [-0.1, -0.05) is 32.4 Å². The Hall–Kier alpha value is -1.02. The predicted octanol–water partition coefficient (Wildman–Crippen LogP) is 3.08. The summed E-state index contributed by atoms with van der Waals surface area (Å²) in [6.45, 7) is 6.14. The summed E-state index contributed by atoms with van der Waals surface area (Å²) in [4.78, 5) is 0. The maximum absolute atomic E-state index is 10.1. The zero-order valence-corrected chi connectivity index (χ0v) is 9.95. The number of hydrogen-bond donors (Lipinski definition) is 1. The number of aliphatic hydroxyl groups is 1. The minimum atomic E-state index is -0.439. The lowest BCUT2D eigenvalue weighted by Gasteiger charge is -2.20. The summed E-state index contributed by atoms with van der Waals surface area (Å²) in [6, 6.07) is 5.91.